The quantitative estimate of drug-likeness (QED) is 0.899. The Bertz CT molecular complexity index is 847. The molecular formula is C13H10N2O4S2. The molecule has 6 nitrogen and oxygen atoms in total. The summed E-state index contributed by atoms with van der Waals surface area (Å²) in [5.74, 6) is -1.29. The first-order valence-corrected chi connectivity index (χ1v) is 8.06. The lowest BCUT2D eigenvalue weighted by molar-refractivity contribution is 0.0698. The van der Waals surface area contributed by atoms with E-state index in [0.29, 0.717) is 11.1 Å². The molecule has 108 valence electrons. The topological polar surface area (TPSA) is 107 Å². The number of aryl methyl sites for hydroxylation is 1. The van der Waals surface area contributed by atoms with Gasteiger partial charge in [0.15, 0.2) is 0 Å². The van der Waals surface area contributed by atoms with Crippen LogP contribution in [0.15, 0.2) is 34.5 Å². The predicted octanol–water partition coefficient (Wildman–Crippen LogP) is 2.43. The third-order valence-corrected chi connectivity index (χ3v) is 5.41. The van der Waals surface area contributed by atoms with E-state index in [2.05, 4.69) is 4.72 Å². The van der Waals surface area contributed by atoms with E-state index in [1.165, 1.54) is 36.6 Å². The minimum atomic E-state index is -4.03. The van der Waals surface area contributed by atoms with E-state index in [1.807, 2.05) is 6.07 Å². The van der Waals surface area contributed by atoms with Crippen LogP contribution < -0.4 is 4.72 Å². The summed E-state index contributed by atoms with van der Waals surface area (Å²) in [6.07, 6.45) is 0. The average molecular weight is 322 g/mol. The fourth-order valence-electron chi connectivity index (χ4n) is 1.77. The third-order valence-electron chi connectivity index (χ3n) is 2.62. The monoisotopic (exact) mass is 322 g/mol. The van der Waals surface area contributed by atoms with Gasteiger partial charge in [-0.25, -0.2) is 13.2 Å². The van der Waals surface area contributed by atoms with Gasteiger partial charge in [0.05, 0.1) is 17.3 Å². The zero-order valence-corrected chi connectivity index (χ0v) is 12.5. The van der Waals surface area contributed by atoms with Gasteiger partial charge in [0, 0.05) is 0 Å². The molecule has 2 aromatic rings. The normalized spacial score (nSPS) is 10.9. The zero-order valence-electron chi connectivity index (χ0n) is 10.8. The smallest absolute Gasteiger partial charge is 0.347 e. The van der Waals surface area contributed by atoms with E-state index >= 15 is 0 Å². The third kappa shape index (κ3) is 3.04. The van der Waals surface area contributed by atoms with Crippen molar-refractivity contribution in [3.05, 3.63) is 45.6 Å². The zero-order chi connectivity index (χ0) is 15.6. The number of anilines is 1. The van der Waals surface area contributed by atoms with E-state index in [0.717, 1.165) is 11.3 Å². The van der Waals surface area contributed by atoms with Gasteiger partial charge in [-0.3, -0.25) is 4.72 Å². The summed E-state index contributed by atoms with van der Waals surface area (Å²) in [5, 5.41) is 19.3. The highest BCUT2D eigenvalue weighted by molar-refractivity contribution is 7.93. The van der Waals surface area contributed by atoms with Gasteiger partial charge in [-0.05, 0) is 36.1 Å². The first-order valence-electron chi connectivity index (χ1n) is 5.69. The summed E-state index contributed by atoms with van der Waals surface area (Å²) < 4.78 is 27.0. The number of hydrogen-bond donors (Lipinski definition) is 2. The summed E-state index contributed by atoms with van der Waals surface area (Å²) in [6, 6.07) is 7.84. The number of aromatic carboxylic acids is 1. The van der Waals surface area contributed by atoms with Crippen LogP contribution in [0.5, 0.6) is 0 Å². The number of carboxylic acid groups (broad SMARTS) is 1. The molecule has 0 aliphatic heterocycles. The molecule has 2 N–H and O–H groups in total. The van der Waals surface area contributed by atoms with E-state index in [4.69, 9.17) is 10.4 Å². The van der Waals surface area contributed by atoms with Gasteiger partial charge >= 0.3 is 5.97 Å². The molecule has 1 aromatic heterocycles. The first kappa shape index (κ1) is 15.0. The average Bonchev–Trinajstić information content (AvgIpc) is 2.81. The van der Waals surface area contributed by atoms with E-state index in [-0.39, 0.29) is 15.5 Å². The van der Waals surface area contributed by atoms with Crippen LogP contribution in [-0.4, -0.2) is 19.5 Å². The first-order chi connectivity index (χ1) is 9.85. The van der Waals surface area contributed by atoms with Gasteiger partial charge in [-0.15, -0.1) is 11.3 Å². The molecule has 0 atom stereocenters. The highest BCUT2D eigenvalue weighted by Crippen LogP contribution is 2.28. The molecule has 1 heterocycles. The molecule has 0 aliphatic carbocycles. The summed E-state index contributed by atoms with van der Waals surface area (Å²) >= 11 is 0.858. The number of thiophene rings is 1. The molecule has 0 unspecified atom stereocenters. The van der Waals surface area contributed by atoms with Crippen molar-refractivity contribution < 1.29 is 18.3 Å². The maximum absolute atomic E-state index is 12.4. The number of nitriles is 1. The van der Waals surface area contributed by atoms with Gasteiger partial charge in [-0.1, -0.05) is 6.07 Å². The molecule has 0 fully saturated rings. The Morgan fingerprint density at radius 1 is 1.43 bits per heavy atom. The Balaban J connectivity index is 2.46. The summed E-state index contributed by atoms with van der Waals surface area (Å²) in [4.78, 5) is 10.6. The highest BCUT2D eigenvalue weighted by atomic mass is 32.2. The summed E-state index contributed by atoms with van der Waals surface area (Å²) in [5.41, 5.74) is 0.869. The van der Waals surface area contributed by atoms with Crippen LogP contribution in [0, 0.1) is 18.3 Å². The largest absolute Gasteiger partial charge is 0.477 e. The number of carboxylic acids is 1. The van der Waals surface area contributed by atoms with Crippen molar-refractivity contribution in [1.29, 1.82) is 5.26 Å². The lowest BCUT2D eigenvalue weighted by Gasteiger charge is -2.09. The summed E-state index contributed by atoms with van der Waals surface area (Å²) in [7, 11) is -4.03. The standard InChI is InChI=1S/C13H10N2O4S2/c1-8-7-20-11(13(16)17)12(8)21(18,19)15-10-4-2-3-9(5-10)6-14/h2-5,7,15H,1H3,(H,16,17). The van der Waals surface area contributed by atoms with Gasteiger partial charge in [0.1, 0.15) is 9.77 Å². The maximum atomic E-state index is 12.4. The molecular weight excluding hydrogens is 312 g/mol. The summed E-state index contributed by atoms with van der Waals surface area (Å²) in [6.45, 7) is 1.53. The van der Waals surface area contributed by atoms with Gasteiger partial charge < -0.3 is 5.11 Å². The number of carbonyl (C=O) groups is 1. The Morgan fingerprint density at radius 2 is 2.14 bits per heavy atom. The van der Waals surface area contributed by atoms with Crippen LogP contribution in [0.1, 0.15) is 20.8 Å². The number of benzene rings is 1. The second kappa shape index (κ2) is 5.55. The van der Waals surface area contributed by atoms with Crippen molar-refractivity contribution in [3.63, 3.8) is 0 Å². The maximum Gasteiger partial charge on any atom is 0.347 e. The van der Waals surface area contributed by atoms with Crippen molar-refractivity contribution in [2.24, 2.45) is 0 Å². The van der Waals surface area contributed by atoms with Crippen LogP contribution in [-0.2, 0) is 10.0 Å². The van der Waals surface area contributed by atoms with Crippen molar-refractivity contribution in [1.82, 2.24) is 0 Å². The van der Waals surface area contributed by atoms with E-state index in [1.54, 1.807) is 0 Å². The Morgan fingerprint density at radius 3 is 2.76 bits per heavy atom. The second-order valence-electron chi connectivity index (χ2n) is 4.18. The predicted molar refractivity (Wildman–Crippen MR) is 78.0 cm³/mol. The molecule has 8 heteroatoms. The Labute approximate surface area is 125 Å². The van der Waals surface area contributed by atoms with Crippen LogP contribution in [0.25, 0.3) is 0 Å². The number of nitrogens with zero attached hydrogens (tertiary/aromatic N) is 1. The molecule has 0 spiro atoms. The lowest BCUT2D eigenvalue weighted by Crippen LogP contribution is -2.16. The fourth-order valence-corrected chi connectivity index (χ4v) is 4.46. The molecule has 0 saturated carbocycles. The fraction of sp³-hybridized carbons (Fsp3) is 0.0769. The second-order valence-corrected chi connectivity index (χ2v) is 6.68. The highest BCUT2D eigenvalue weighted by Gasteiger charge is 2.26. The lowest BCUT2D eigenvalue weighted by atomic mass is 10.2. The van der Waals surface area contributed by atoms with Gasteiger partial charge in [0.25, 0.3) is 10.0 Å². The molecule has 1 aromatic carbocycles. The molecule has 0 saturated heterocycles. The van der Waals surface area contributed by atoms with Crippen molar-refractivity contribution in [2.45, 2.75) is 11.8 Å². The van der Waals surface area contributed by atoms with Crippen LogP contribution in [0.3, 0.4) is 0 Å². The number of sulfonamides is 1. The minimum absolute atomic E-state index is 0.205. The van der Waals surface area contributed by atoms with Crippen LogP contribution in [0.4, 0.5) is 5.69 Å². The minimum Gasteiger partial charge on any atom is -0.477 e. The molecule has 0 amide bonds. The van der Waals surface area contributed by atoms with Gasteiger partial charge in [0.2, 0.25) is 0 Å². The Hall–Kier alpha value is -2.37. The van der Waals surface area contributed by atoms with E-state index < -0.39 is 16.0 Å². The SMILES string of the molecule is Cc1csc(C(=O)O)c1S(=O)(=O)Nc1cccc(C#N)c1. The number of nitrogens with one attached hydrogen (secondary N) is 1. The molecule has 0 radical (unpaired) electrons. The molecule has 2 rings (SSSR count). The molecule has 0 aliphatic rings. The van der Waals surface area contributed by atoms with Crippen molar-refractivity contribution in [3.8, 4) is 6.07 Å². The number of hydrogen-bond acceptors (Lipinski definition) is 5. The van der Waals surface area contributed by atoms with Crippen LogP contribution >= 0.6 is 11.3 Å². The van der Waals surface area contributed by atoms with Crippen LogP contribution in [0.2, 0.25) is 0 Å². The number of rotatable bonds is 4. The molecule has 21 heavy (non-hydrogen) atoms. The van der Waals surface area contributed by atoms with Crippen molar-refractivity contribution in [2.75, 3.05) is 4.72 Å². The van der Waals surface area contributed by atoms with Crippen molar-refractivity contribution >= 4 is 33.0 Å². The van der Waals surface area contributed by atoms with E-state index in [9.17, 15) is 13.2 Å². The Kier molecular flexibility index (Phi) is 3.97. The van der Waals surface area contributed by atoms with Gasteiger partial charge in [-0.2, -0.15) is 5.26 Å². The molecule has 0 bridgehead atoms.